The number of ether oxygens (including phenoxy) is 4. The molecule has 0 aliphatic heterocycles. The summed E-state index contributed by atoms with van der Waals surface area (Å²) in [6.07, 6.45) is -4.05. The van der Waals surface area contributed by atoms with Crippen molar-refractivity contribution in [3.8, 4) is 11.6 Å². The number of carbonyl (C=O) groups excluding carboxylic acids is 2. The summed E-state index contributed by atoms with van der Waals surface area (Å²) in [6, 6.07) is 7.61. The Balaban J connectivity index is 1.78. The zero-order valence-corrected chi connectivity index (χ0v) is 27.8. The number of carbonyl (C=O) groups is 2. The number of rotatable bonds is 12. The van der Waals surface area contributed by atoms with E-state index in [0.717, 1.165) is 36.4 Å². The standard InChI is InChI=1S/C33H33BrF6N2O6/c1-45-17-23(18-46-2)42(30(43)21-6-8-22(34)9-7-21)27-14-26(35)28(13-24(27)31(44)47-3)48-29-25(33(38,39)40)12-20(16-41-29)11-19-5-4-10-32(36,37)15-19/h6-9,12-14,16,19,23H,4-5,10-11,15,17-18H2,1-3H3. The number of hydrogen-bond acceptors (Lipinski definition) is 7. The molecule has 1 atom stereocenters. The highest BCUT2D eigenvalue weighted by molar-refractivity contribution is 9.10. The molecule has 1 unspecified atom stereocenters. The Bertz CT molecular complexity index is 1600. The first-order valence-corrected chi connectivity index (χ1v) is 15.6. The first kappa shape index (κ1) is 37.1. The molecule has 3 aromatic rings. The van der Waals surface area contributed by atoms with Gasteiger partial charge in [0.05, 0.1) is 37.6 Å². The number of halogens is 7. The van der Waals surface area contributed by atoms with E-state index in [1.54, 1.807) is 12.1 Å². The van der Waals surface area contributed by atoms with Gasteiger partial charge >= 0.3 is 12.1 Å². The lowest BCUT2D eigenvalue weighted by atomic mass is 9.83. The molecule has 4 rings (SSSR count). The lowest BCUT2D eigenvalue weighted by Crippen LogP contribution is -2.46. The van der Waals surface area contributed by atoms with E-state index >= 15 is 4.39 Å². The molecular formula is C33H33BrF6N2O6. The van der Waals surface area contributed by atoms with Gasteiger partial charge in [-0.05, 0) is 61.1 Å². The minimum absolute atomic E-state index is 0.0617. The number of hydrogen-bond donors (Lipinski definition) is 0. The van der Waals surface area contributed by atoms with Crippen LogP contribution in [0.25, 0.3) is 0 Å². The van der Waals surface area contributed by atoms with Crippen LogP contribution in [0.2, 0.25) is 0 Å². The first-order valence-electron chi connectivity index (χ1n) is 14.8. The third-order valence-electron chi connectivity index (χ3n) is 7.79. The molecular weight excluding hydrogens is 714 g/mol. The largest absolute Gasteiger partial charge is 0.465 e. The minimum atomic E-state index is -5.02. The number of nitrogens with zero attached hydrogens (tertiary/aromatic N) is 2. The van der Waals surface area contributed by atoms with E-state index in [-0.39, 0.29) is 49.3 Å². The predicted octanol–water partition coefficient (Wildman–Crippen LogP) is 8.26. The Labute approximate surface area is 281 Å². The van der Waals surface area contributed by atoms with Crippen LogP contribution in [0.1, 0.15) is 57.5 Å². The van der Waals surface area contributed by atoms with Gasteiger partial charge in [0.2, 0.25) is 11.8 Å². The second-order valence-corrected chi connectivity index (χ2v) is 12.3. The fraction of sp³-hybridized carbons (Fsp3) is 0.424. The monoisotopic (exact) mass is 746 g/mol. The number of amides is 1. The third-order valence-corrected chi connectivity index (χ3v) is 8.32. The van der Waals surface area contributed by atoms with Crippen LogP contribution >= 0.6 is 15.9 Å². The molecule has 0 spiro atoms. The number of aromatic nitrogens is 1. The molecule has 0 radical (unpaired) electrons. The van der Waals surface area contributed by atoms with Gasteiger partial charge < -0.3 is 18.9 Å². The molecule has 15 heteroatoms. The summed E-state index contributed by atoms with van der Waals surface area (Å²) in [5.74, 6) is -8.24. The van der Waals surface area contributed by atoms with E-state index < -0.39 is 70.9 Å². The Morgan fingerprint density at radius 3 is 2.31 bits per heavy atom. The second-order valence-electron chi connectivity index (χ2n) is 11.4. The van der Waals surface area contributed by atoms with Gasteiger partial charge in [0, 0.05) is 55.4 Å². The molecule has 1 saturated carbocycles. The van der Waals surface area contributed by atoms with Gasteiger partial charge in [-0.2, -0.15) is 13.2 Å². The molecule has 260 valence electrons. The van der Waals surface area contributed by atoms with Gasteiger partial charge in [-0.1, -0.05) is 15.9 Å². The van der Waals surface area contributed by atoms with E-state index in [1.807, 2.05) is 0 Å². The molecule has 8 nitrogen and oxygen atoms in total. The summed E-state index contributed by atoms with van der Waals surface area (Å²) in [6.45, 7) is -0.222. The molecule has 0 saturated heterocycles. The molecule has 0 bridgehead atoms. The van der Waals surface area contributed by atoms with Crippen molar-refractivity contribution in [3.05, 3.63) is 81.2 Å². The molecule has 1 heterocycles. The number of benzene rings is 2. The van der Waals surface area contributed by atoms with Crippen molar-refractivity contribution in [3.63, 3.8) is 0 Å². The van der Waals surface area contributed by atoms with Gasteiger partial charge in [0.1, 0.15) is 5.56 Å². The lowest BCUT2D eigenvalue weighted by molar-refractivity contribution is -0.139. The van der Waals surface area contributed by atoms with Crippen LogP contribution in [0.5, 0.6) is 11.6 Å². The lowest BCUT2D eigenvalue weighted by Gasteiger charge is -2.32. The summed E-state index contributed by atoms with van der Waals surface area (Å²) in [4.78, 5) is 31.8. The topological polar surface area (TPSA) is 87.2 Å². The number of alkyl halides is 5. The fourth-order valence-electron chi connectivity index (χ4n) is 5.66. The highest BCUT2D eigenvalue weighted by atomic mass is 79.9. The summed E-state index contributed by atoms with van der Waals surface area (Å²) in [5.41, 5.74) is -1.85. The first-order chi connectivity index (χ1) is 22.7. The molecule has 48 heavy (non-hydrogen) atoms. The maximum atomic E-state index is 15.8. The van der Waals surface area contributed by atoms with Crippen molar-refractivity contribution in [1.29, 1.82) is 0 Å². The van der Waals surface area contributed by atoms with E-state index in [9.17, 15) is 31.5 Å². The second kappa shape index (κ2) is 15.7. The Hall–Kier alpha value is -3.69. The van der Waals surface area contributed by atoms with Gasteiger partial charge in [-0.15, -0.1) is 0 Å². The quantitative estimate of drug-likeness (QED) is 0.136. The normalized spacial score (nSPS) is 16.1. The molecule has 1 aromatic heterocycles. The van der Waals surface area contributed by atoms with Gasteiger partial charge in [0.15, 0.2) is 11.6 Å². The van der Waals surface area contributed by atoms with Gasteiger partial charge in [0.25, 0.3) is 5.91 Å². The summed E-state index contributed by atoms with van der Waals surface area (Å²) in [7, 11) is 3.76. The van der Waals surface area contributed by atoms with Crippen molar-refractivity contribution in [2.24, 2.45) is 5.92 Å². The van der Waals surface area contributed by atoms with E-state index in [4.69, 9.17) is 18.9 Å². The summed E-state index contributed by atoms with van der Waals surface area (Å²) < 4.78 is 108. The number of methoxy groups -OCH3 is 3. The van der Waals surface area contributed by atoms with Crippen molar-refractivity contribution in [1.82, 2.24) is 4.98 Å². The van der Waals surface area contributed by atoms with Crippen LogP contribution < -0.4 is 9.64 Å². The average Bonchev–Trinajstić information content (AvgIpc) is 3.02. The predicted molar refractivity (Wildman–Crippen MR) is 166 cm³/mol. The smallest absolute Gasteiger partial charge is 0.421 e. The third kappa shape index (κ3) is 9.05. The molecule has 1 amide bonds. The summed E-state index contributed by atoms with van der Waals surface area (Å²) in [5, 5.41) is 0. The minimum Gasteiger partial charge on any atom is -0.465 e. The van der Waals surface area contributed by atoms with Crippen molar-refractivity contribution in [2.75, 3.05) is 39.4 Å². The van der Waals surface area contributed by atoms with Crippen LogP contribution in [0.4, 0.5) is 32.0 Å². The summed E-state index contributed by atoms with van der Waals surface area (Å²) >= 11 is 3.29. The average molecular weight is 748 g/mol. The number of esters is 1. The van der Waals surface area contributed by atoms with Crippen molar-refractivity contribution >= 4 is 33.5 Å². The van der Waals surface area contributed by atoms with Crippen LogP contribution in [0, 0.1) is 11.7 Å². The Kier molecular flexibility index (Phi) is 12.1. The molecule has 1 fully saturated rings. The maximum Gasteiger partial charge on any atom is 0.421 e. The van der Waals surface area contributed by atoms with Crippen LogP contribution in [-0.4, -0.2) is 63.4 Å². The van der Waals surface area contributed by atoms with E-state index in [2.05, 4.69) is 20.9 Å². The molecule has 1 aliphatic carbocycles. The zero-order valence-electron chi connectivity index (χ0n) is 26.2. The van der Waals surface area contributed by atoms with Crippen molar-refractivity contribution in [2.45, 2.75) is 50.2 Å². The highest BCUT2D eigenvalue weighted by Gasteiger charge is 2.39. The SMILES string of the molecule is COCC(COC)N(C(=O)c1ccc(Br)cc1)c1cc(F)c(Oc2ncc(CC3CCCC(F)(F)C3)cc2C(F)(F)F)cc1C(=O)OC. The van der Waals surface area contributed by atoms with Crippen molar-refractivity contribution < 1.29 is 54.9 Å². The fourth-order valence-corrected chi connectivity index (χ4v) is 5.92. The van der Waals surface area contributed by atoms with E-state index in [0.29, 0.717) is 10.9 Å². The van der Waals surface area contributed by atoms with Gasteiger partial charge in [-0.25, -0.2) is 22.9 Å². The Morgan fingerprint density at radius 1 is 1.06 bits per heavy atom. The van der Waals surface area contributed by atoms with Crippen LogP contribution in [0.3, 0.4) is 0 Å². The van der Waals surface area contributed by atoms with Crippen LogP contribution in [-0.2, 0) is 26.8 Å². The van der Waals surface area contributed by atoms with Crippen LogP contribution in [0.15, 0.2) is 53.1 Å². The maximum absolute atomic E-state index is 15.8. The van der Waals surface area contributed by atoms with E-state index in [1.165, 1.54) is 26.4 Å². The molecule has 1 aliphatic rings. The zero-order chi connectivity index (χ0) is 35.2. The molecule has 2 aromatic carbocycles. The Morgan fingerprint density at radius 2 is 1.73 bits per heavy atom. The molecule has 0 N–H and O–H groups in total. The number of anilines is 1. The van der Waals surface area contributed by atoms with Gasteiger partial charge in [-0.3, -0.25) is 9.69 Å². The number of pyridine rings is 1. The highest BCUT2D eigenvalue weighted by Crippen LogP contribution is 2.42.